The molecule has 1 atom stereocenters. The summed E-state index contributed by atoms with van der Waals surface area (Å²) in [6.45, 7) is 5.27. The lowest BCUT2D eigenvalue weighted by atomic mass is 10.1. The number of ether oxygens (including phenoxy) is 1. The minimum absolute atomic E-state index is 0.0495. The molecule has 1 N–H and O–H groups in total. The van der Waals surface area contributed by atoms with Crippen molar-refractivity contribution in [1.82, 2.24) is 0 Å². The summed E-state index contributed by atoms with van der Waals surface area (Å²) in [6.07, 6.45) is -0.994. The van der Waals surface area contributed by atoms with Gasteiger partial charge in [-0.3, -0.25) is 14.9 Å². The molecule has 0 fully saturated rings. The molecule has 1 amide bonds. The number of nitrogens with zero attached hydrogens (tertiary/aromatic N) is 1. The standard InChI is InChI=1S/C20H18N2O5S/c1-11-5-4-6-12(2)18(11)21-19(23)13(3)27-20(24)17-10-14-9-15(22(25)26)7-8-16(14)28-17/h4-10,13H,1-3H3,(H,21,23)/t13-/m0/s1. The Kier molecular flexibility index (Phi) is 5.41. The zero-order chi connectivity index (χ0) is 20.4. The third-order valence-corrected chi connectivity index (χ3v) is 5.39. The van der Waals surface area contributed by atoms with Gasteiger partial charge in [-0.05, 0) is 44.0 Å². The smallest absolute Gasteiger partial charge is 0.349 e. The van der Waals surface area contributed by atoms with E-state index in [1.807, 2.05) is 32.0 Å². The number of rotatable bonds is 5. The average molecular weight is 398 g/mol. The molecule has 1 heterocycles. The number of non-ortho nitro benzene ring substituents is 1. The summed E-state index contributed by atoms with van der Waals surface area (Å²) in [5.41, 5.74) is 2.48. The molecular formula is C20H18N2O5S. The maximum Gasteiger partial charge on any atom is 0.349 e. The summed E-state index contributed by atoms with van der Waals surface area (Å²) in [7, 11) is 0. The van der Waals surface area contributed by atoms with E-state index in [2.05, 4.69) is 5.32 Å². The number of amides is 1. The van der Waals surface area contributed by atoms with Gasteiger partial charge < -0.3 is 10.1 Å². The van der Waals surface area contributed by atoms with Crippen LogP contribution in [0.1, 0.15) is 27.7 Å². The highest BCUT2D eigenvalue weighted by Gasteiger charge is 2.22. The number of nitro benzene ring substituents is 1. The lowest BCUT2D eigenvalue weighted by Crippen LogP contribution is -2.30. The Morgan fingerprint density at radius 1 is 1.14 bits per heavy atom. The van der Waals surface area contributed by atoms with E-state index in [1.165, 1.54) is 25.1 Å². The second-order valence-corrected chi connectivity index (χ2v) is 7.48. The predicted molar refractivity (Wildman–Crippen MR) is 108 cm³/mol. The van der Waals surface area contributed by atoms with E-state index in [1.54, 1.807) is 6.07 Å². The monoisotopic (exact) mass is 398 g/mol. The fourth-order valence-corrected chi connectivity index (χ4v) is 3.68. The highest BCUT2D eigenvalue weighted by Crippen LogP contribution is 2.29. The number of carbonyl (C=O) groups is 2. The van der Waals surface area contributed by atoms with Gasteiger partial charge in [0, 0.05) is 27.9 Å². The Bertz CT molecular complexity index is 1070. The van der Waals surface area contributed by atoms with Gasteiger partial charge in [-0.15, -0.1) is 11.3 Å². The van der Waals surface area contributed by atoms with Crippen LogP contribution in [0, 0.1) is 24.0 Å². The molecule has 0 saturated carbocycles. The fraction of sp³-hybridized carbons (Fsp3) is 0.200. The normalized spacial score (nSPS) is 11.8. The van der Waals surface area contributed by atoms with E-state index in [4.69, 9.17) is 4.74 Å². The lowest BCUT2D eigenvalue weighted by Gasteiger charge is -2.15. The number of thiophene rings is 1. The molecule has 0 unspecified atom stereocenters. The number of nitrogens with one attached hydrogen (secondary N) is 1. The molecular weight excluding hydrogens is 380 g/mol. The van der Waals surface area contributed by atoms with Gasteiger partial charge >= 0.3 is 5.97 Å². The van der Waals surface area contributed by atoms with Crippen molar-refractivity contribution in [3.63, 3.8) is 0 Å². The van der Waals surface area contributed by atoms with Crippen LogP contribution >= 0.6 is 11.3 Å². The number of nitro groups is 1. The van der Waals surface area contributed by atoms with Crippen LogP contribution < -0.4 is 5.32 Å². The molecule has 3 aromatic rings. The van der Waals surface area contributed by atoms with Gasteiger partial charge in [0.15, 0.2) is 6.10 Å². The van der Waals surface area contributed by atoms with E-state index in [9.17, 15) is 19.7 Å². The number of anilines is 1. The predicted octanol–water partition coefficient (Wildman–Crippen LogP) is 4.61. The molecule has 0 bridgehead atoms. The van der Waals surface area contributed by atoms with Crippen molar-refractivity contribution in [3.05, 3.63) is 68.6 Å². The van der Waals surface area contributed by atoms with Crippen molar-refractivity contribution in [3.8, 4) is 0 Å². The summed E-state index contributed by atoms with van der Waals surface area (Å²) >= 11 is 1.16. The molecule has 0 aliphatic rings. The van der Waals surface area contributed by atoms with Gasteiger partial charge in [-0.2, -0.15) is 0 Å². The van der Waals surface area contributed by atoms with Crippen LogP contribution in [0.2, 0.25) is 0 Å². The van der Waals surface area contributed by atoms with E-state index in [0.717, 1.165) is 27.2 Å². The van der Waals surface area contributed by atoms with Crippen molar-refractivity contribution < 1.29 is 19.2 Å². The maximum absolute atomic E-state index is 12.4. The number of hydrogen-bond donors (Lipinski definition) is 1. The minimum Gasteiger partial charge on any atom is -0.448 e. The Morgan fingerprint density at radius 2 is 1.82 bits per heavy atom. The van der Waals surface area contributed by atoms with E-state index in [0.29, 0.717) is 11.1 Å². The van der Waals surface area contributed by atoms with Crippen molar-refractivity contribution in [1.29, 1.82) is 0 Å². The molecule has 2 aromatic carbocycles. The Balaban J connectivity index is 1.72. The molecule has 0 spiro atoms. The third-order valence-electron chi connectivity index (χ3n) is 4.29. The van der Waals surface area contributed by atoms with Gasteiger partial charge in [-0.25, -0.2) is 4.79 Å². The molecule has 0 aliphatic heterocycles. The average Bonchev–Trinajstić information content (AvgIpc) is 3.08. The van der Waals surface area contributed by atoms with Gasteiger partial charge in [0.05, 0.1) is 4.92 Å². The Morgan fingerprint density at radius 3 is 2.46 bits per heavy atom. The lowest BCUT2D eigenvalue weighted by molar-refractivity contribution is -0.384. The van der Waals surface area contributed by atoms with E-state index >= 15 is 0 Å². The molecule has 28 heavy (non-hydrogen) atoms. The third kappa shape index (κ3) is 4.01. The van der Waals surface area contributed by atoms with Crippen molar-refractivity contribution in [2.75, 3.05) is 5.32 Å². The Labute approximate surface area is 165 Å². The molecule has 0 aliphatic carbocycles. The molecule has 8 heteroatoms. The second-order valence-electron chi connectivity index (χ2n) is 6.39. The SMILES string of the molecule is Cc1cccc(C)c1NC(=O)[C@H](C)OC(=O)c1cc2cc([N+](=O)[O-])ccc2s1. The fourth-order valence-electron chi connectivity index (χ4n) is 2.75. The number of carbonyl (C=O) groups excluding carboxylic acids is 2. The zero-order valence-corrected chi connectivity index (χ0v) is 16.3. The topological polar surface area (TPSA) is 98.5 Å². The summed E-state index contributed by atoms with van der Waals surface area (Å²) in [6, 6.07) is 11.6. The molecule has 0 radical (unpaired) electrons. The first-order valence-corrected chi connectivity index (χ1v) is 9.34. The van der Waals surface area contributed by atoms with Crippen LogP contribution in [0.4, 0.5) is 11.4 Å². The molecule has 0 saturated heterocycles. The molecule has 3 rings (SSSR count). The highest BCUT2D eigenvalue weighted by molar-refractivity contribution is 7.20. The summed E-state index contributed by atoms with van der Waals surface area (Å²) < 4.78 is 6.01. The van der Waals surface area contributed by atoms with Crippen LogP contribution in [0.5, 0.6) is 0 Å². The number of aryl methyl sites for hydroxylation is 2. The Hall–Kier alpha value is -3.26. The number of para-hydroxylation sites is 1. The molecule has 7 nitrogen and oxygen atoms in total. The van der Waals surface area contributed by atoms with Crippen LogP contribution in [-0.2, 0) is 9.53 Å². The first-order chi connectivity index (χ1) is 13.3. The summed E-state index contributed by atoms with van der Waals surface area (Å²) in [4.78, 5) is 35.5. The number of fused-ring (bicyclic) bond motifs is 1. The van der Waals surface area contributed by atoms with Gasteiger partial charge in [0.1, 0.15) is 4.88 Å². The summed E-state index contributed by atoms with van der Waals surface area (Å²) in [5.74, 6) is -1.07. The zero-order valence-electron chi connectivity index (χ0n) is 15.5. The number of benzene rings is 2. The number of hydrogen-bond acceptors (Lipinski definition) is 6. The quantitative estimate of drug-likeness (QED) is 0.384. The van der Waals surface area contributed by atoms with Crippen LogP contribution in [-0.4, -0.2) is 22.9 Å². The van der Waals surface area contributed by atoms with Crippen LogP contribution in [0.3, 0.4) is 0 Å². The van der Waals surface area contributed by atoms with Crippen molar-refractivity contribution in [2.45, 2.75) is 26.9 Å². The molecule has 1 aromatic heterocycles. The van der Waals surface area contributed by atoms with Gasteiger partial charge in [-0.1, -0.05) is 18.2 Å². The maximum atomic E-state index is 12.4. The largest absolute Gasteiger partial charge is 0.448 e. The number of esters is 1. The van der Waals surface area contributed by atoms with Gasteiger partial charge in [0.2, 0.25) is 0 Å². The minimum atomic E-state index is -0.994. The van der Waals surface area contributed by atoms with Crippen molar-refractivity contribution >= 4 is 44.7 Å². The molecule has 144 valence electrons. The van der Waals surface area contributed by atoms with Crippen molar-refractivity contribution in [2.24, 2.45) is 0 Å². The highest BCUT2D eigenvalue weighted by atomic mass is 32.1. The van der Waals surface area contributed by atoms with Crippen LogP contribution in [0.25, 0.3) is 10.1 Å². The van der Waals surface area contributed by atoms with Crippen LogP contribution in [0.15, 0.2) is 42.5 Å². The van der Waals surface area contributed by atoms with Gasteiger partial charge in [0.25, 0.3) is 11.6 Å². The first-order valence-electron chi connectivity index (χ1n) is 8.52. The second kappa shape index (κ2) is 7.77. The summed E-state index contributed by atoms with van der Waals surface area (Å²) in [5, 5.41) is 14.3. The first kappa shape index (κ1) is 19.5. The van der Waals surface area contributed by atoms with E-state index < -0.39 is 22.9 Å². The van der Waals surface area contributed by atoms with E-state index in [-0.39, 0.29) is 10.6 Å².